The van der Waals surface area contributed by atoms with Crippen LogP contribution in [-0.4, -0.2) is 78.3 Å². The normalized spacial score (nSPS) is 42.2. The van der Waals surface area contributed by atoms with E-state index in [1.807, 2.05) is 0 Å². The van der Waals surface area contributed by atoms with Gasteiger partial charge >= 0.3 is 0 Å². The van der Waals surface area contributed by atoms with Crippen LogP contribution in [0.3, 0.4) is 0 Å². The van der Waals surface area contributed by atoms with E-state index in [9.17, 15) is 9.18 Å². The third-order valence-corrected chi connectivity index (χ3v) is 12.1. The summed E-state index contributed by atoms with van der Waals surface area (Å²) >= 11 is 0. The van der Waals surface area contributed by atoms with Crippen molar-refractivity contribution in [2.75, 3.05) is 32.7 Å². The van der Waals surface area contributed by atoms with E-state index in [-0.39, 0.29) is 36.3 Å². The van der Waals surface area contributed by atoms with Crippen LogP contribution in [0.2, 0.25) is 0 Å². The van der Waals surface area contributed by atoms with E-state index in [2.05, 4.69) is 15.8 Å². The Morgan fingerprint density at radius 3 is 2.39 bits per heavy atom. The molecule has 3 aliphatic heterocycles. The summed E-state index contributed by atoms with van der Waals surface area (Å²) in [6.07, 6.45) is 17.4. The van der Waals surface area contributed by atoms with Gasteiger partial charge in [-0.1, -0.05) is 51.4 Å². The average molecular weight is 580 g/mol. The molecule has 3 heterocycles. The highest BCUT2D eigenvalue weighted by Gasteiger charge is 2.56. The fraction of sp³-hybridized carbons (Fsp3) is 0.970. The number of alkyl halides is 2. The fourth-order valence-corrected chi connectivity index (χ4v) is 9.82. The molecule has 3 aliphatic carbocycles. The lowest BCUT2D eigenvalue weighted by molar-refractivity contribution is -1.02. The Hall–Kier alpha value is -0.830. The smallest absolute Gasteiger partial charge is 0.243 e. The van der Waals surface area contributed by atoms with Gasteiger partial charge in [0.05, 0.1) is 31.8 Å². The maximum absolute atomic E-state index is 15.1. The molecule has 0 aromatic carbocycles. The number of hydrogen-bond donors (Lipinski definition) is 2. The first kappa shape index (κ1) is 30.2. The van der Waals surface area contributed by atoms with Gasteiger partial charge in [0.2, 0.25) is 5.91 Å². The van der Waals surface area contributed by atoms with E-state index < -0.39 is 17.9 Å². The van der Waals surface area contributed by atoms with Gasteiger partial charge in [0.15, 0.2) is 0 Å². The minimum absolute atomic E-state index is 0.0357. The molecule has 234 valence electrons. The topological polar surface area (TPSA) is 53.6 Å². The number of carbonyl (C=O) groups is 1. The highest BCUT2D eigenvalue weighted by Crippen LogP contribution is 2.43. The molecule has 0 radical (unpaired) electrons. The Labute approximate surface area is 247 Å². The van der Waals surface area contributed by atoms with Gasteiger partial charge < -0.3 is 5.32 Å². The second kappa shape index (κ2) is 13.4. The summed E-state index contributed by atoms with van der Waals surface area (Å²) in [5, 5.41) is 6.29. The molecule has 1 amide bonds. The van der Waals surface area contributed by atoms with Crippen molar-refractivity contribution in [2.24, 2.45) is 17.8 Å². The van der Waals surface area contributed by atoms with Crippen LogP contribution in [0.4, 0.5) is 8.78 Å². The highest BCUT2D eigenvalue weighted by molar-refractivity contribution is 5.87. The molecular weight excluding hydrogens is 522 g/mol. The molecule has 6 rings (SSSR count). The molecule has 0 spiro atoms. The summed E-state index contributed by atoms with van der Waals surface area (Å²) in [5.74, 6) is 0.720. The number of fused-ring (bicyclic) bond motifs is 1. The number of halogens is 2. The molecule has 7 unspecified atom stereocenters. The van der Waals surface area contributed by atoms with Crippen molar-refractivity contribution < 1.29 is 23.0 Å². The number of nitrogens with one attached hydrogen (secondary N) is 2. The van der Waals surface area contributed by atoms with Crippen LogP contribution in [0.1, 0.15) is 122 Å². The average Bonchev–Trinajstić information content (AvgIpc) is 3.46. The highest BCUT2D eigenvalue weighted by atomic mass is 19.1. The maximum Gasteiger partial charge on any atom is 0.243 e. The van der Waals surface area contributed by atoms with Crippen molar-refractivity contribution in [3.8, 4) is 0 Å². The summed E-state index contributed by atoms with van der Waals surface area (Å²) in [4.78, 5) is 20.7. The van der Waals surface area contributed by atoms with Crippen LogP contribution in [0.15, 0.2) is 0 Å². The van der Waals surface area contributed by atoms with Gasteiger partial charge in [-0.15, -0.1) is 0 Å². The first-order valence-corrected chi connectivity index (χ1v) is 17.6. The first-order chi connectivity index (χ1) is 20.0. The molecule has 8 heteroatoms. The molecule has 0 aromatic heterocycles. The van der Waals surface area contributed by atoms with E-state index in [1.54, 1.807) is 0 Å². The third-order valence-electron chi connectivity index (χ3n) is 12.1. The van der Waals surface area contributed by atoms with Crippen molar-refractivity contribution in [3.63, 3.8) is 0 Å². The fourth-order valence-electron chi connectivity index (χ4n) is 9.82. The molecule has 3 saturated heterocycles. The SMILES string of the molecule is O=C(NC1CN2CCCCC[N+]2(CC2CCCCC2)C1)C1(C2CCCCCCC2)CC(C2CCC(F)CC2F)ON1. The molecule has 6 aliphatic rings. The number of rotatable bonds is 6. The monoisotopic (exact) mass is 579 g/mol. The number of nitrogens with zero attached hydrogens (tertiary/aromatic N) is 2. The van der Waals surface area contributed by atoms with Crippen LogP contribution in [0.25, 0.3) is 0 Å². The van der Waals surface area contributed by atoms with Crippen LogP contribution in [-0.2, 0) is 9.63 Å². The Morgan fingerprint density at radius 2 is 1.61 bits per heavy atom. The molecule has 0 aromatic rings. The predicted molar refractivity (Wildman–Crippen MR) is 157 cm³/mol. The zero-order valence-corrected chi connectivity index (χ0v) is 25.5. The van der Waals surface area contributed by atoms with Gasteiger partial charge in [0.1, 0.15) is 24.4 Å². The van der Waals surface area contributed by atoms with Crippen molar-refractivity contribution in [1.82, 2.24) is 15.8 Å². The standard InChI is InChI=1S/C33H56F2N4O2/c34-27-16-17-29(30(35)20-27)31-21-33(37-41-31,26-14-8-2-1-3-9-15-26)32(40)36-28-22-38-18-10-5-11-19-39(38,24-28)23-25-12-6-4-7-13-25/h25-31,37H,1-24H2/p+1. The van der Waals surface area contributed by atoms with Crippen molar-refractivity contribution in [1.29, 1.82) is 0 Å². The summed E-state index contributed by atoms with van der Waals surface area (Å²) in [6, 6.07) is 0.131. The maximum atomic E-state index is 15.1. The van der Waals surface area contributed by atoms with E-state index in [1.165, 1.54) is 83.7 Å². The van der Waals surface area contributed by atoms with Gasteiger partial charge in [0.25, 0.3) is 0 Å². The third kappa shape index (κ3) is 6.66. The molecule has 6 nitrogen and oxygen atoms in total. The van der Waals surface area contributed by atoms with Crippen molar-refractivity contribution in [3.05, 3.63) is 0 Å². The van der Waals surface area contributed by atoms with Crippen molar-refractivity contribution >= 4 is 5.91 Å². The Bertz CT molecular complexity index is 866. The summed E-state index contributed by atoms with van der Waals surface area (Å²) in [6.45, 7) is 5.50. The van der Waals surface area contributed by atoms with Crippen LogP contribution >= 0.6 is 0 Å². The Morgan fingerprint density at radius 1 is 0.902 bits per heavy atom. The van der Waals surface area contributed by atoms with E-state index in [4.69, 9.17) is 4.84 Å². The second-order valence-corrected chi connectivity index (χ2v) is 14.9. The molecule has 41 heavy (non-hydrogen) atoms. The largest absolute Gasteiger partial charge is 0.344 e. The number of hydroxylamine groups is 1. The van der Waals surface area contributed by atoms with E-state index in [0.717, 1.165) is 55.8 Å². The van der Waals surface area contributed by atoms with Gasteiger partial charge in [0, 0.05) is 31.2 Å². The van der Waals surface area contributed by atoms with E-state index in [0.29, 0.717) is 19.3 Å². The lowest BCUT2D eigenvalue weighted by Crippen LogP contribution is -2.61. The van der Waals surface area contributed by atoms with E-state index >= 15 is 4.39 Å². The summed E-state index contributed by atoms with van der Waals surface area (Å²) < 4.78 is 30.1. The van der Waals surface area contributed by atoms with Gasteiger partial charge in [-0.3, -0.25) is 9.63 Å². The zero-order chi connectivity index (χ0) is 28.3. The molecular formula is C33H57F2N4O2+. The Balaban J connectivity index is 1.19. The van der Waals surface area contributed by atoms with Gasteiger partial charge in [-0.2, -0.15) is 10.5 Å². The van der Waals surface area contributed by atoms with Crippen molar-refractivity contribution in [2.45, 2.75) is 152 Å². The lowest BCUT2D eigenvalue weighted by atomic mass is 9.71. The zero-order valence-electron chi connectivity index (χ0n) is 25.5. The predicted octanol–water partition coefficient (Wildman–Crippen LogP) is 6.15. The number of amides is 1. The first-order valence-electron chi connectivity index (χ1n) is 17.6. The van der Waals surface area contributed by atoms with Crippen LogP contribution in [0, 0.1) is 17.8 Å². The molecule has 2 N–H and O–H groups in total. The summed E-state index contributed by atoms with van der Waals surface area (Å²) in [5.41, 5.74) is 2.48. The van der Waals surface area contributed by atoms with Crippen LogP contribution < -0.4 is 10.8 Å². The van der Waals surface area contributed by atoms with Gasteiger partial charge in [-0.25, -0.2) is 13.4 Å². The molecule has 3 saturated carbocycles. The molecule has 0 bridgehead atoms. The van der Waals surface area contributed by atoms with Crippen LogP contribution in [0.5, 0.6) is 0 Å². The number of hydrogen-bond acceptors (Lipinski definition) is 4. The molecule has 6 fully saturated rings. The number of carbonyl (C=O) groups excluding carboxylic acids is 1. The van der Waals surface area contributed by atoms with Gasteiger partial charge in [-0.05, 0) is 63.7 Å². The lowest BCUT2D eigenvalue weighted by Gasteiger charge is -2.42. The second-order valence-electron chi connectivity index (χ2n) is 14.9. The Kier molecular flexibility index (Phi) is 9.90. The summed E-state index contributed by atoms with van der Waals surface area (Å²) in [7, 11) is 0. The number of quaternary nitrogens is 1. The quantitative estimate of drug-likeness (QED) is 0.371. The minimum Gasteiger partial charge on any atom is -0.344 e. The minimum atomic E-state index is -1.20. The molecule has 7 atom stereocenters.